The highest BCUT2D eigenvalue weighted by Gasteiger charge is 2.24. The Kier molecular flexibility index (Phi) is 9.81. The highest BCUT2D eigenvalue weighted by molar-refractivity contribution is 7.85. The second kappa shape index (κ2) is 13.1. The van der Waals surface area contributed by atoms with Gasteiger partial charge in [-0.3, -0.25) is 8.89 Å². The monoisotopic (exact) mass is 575 g/mol. The first-order chi connectivity index (χ1) is 18.7. The van der Waals surface area contributed by atoms with Gasteiger partial charge in [-0.1, -0.05) is 25.4 Å². The summed E-state index contributed by atoms with van der Waals surface area (Å²) >= 11 is 6.43. The molecule has 1 aliphatic rings. The first-order valence-corrected chi connectivity index (χ1v) is 14.9. The number of likely N-dealkylation sites (tertiary alicyclic amines) is 1. The summed E-state index contributed by atoms with van der Waals surface area (Å²) in [7, 11) is 0.492. The number of nitrogens with one attached hydrogen (secondary N) is 2. The van der Waals surface area contributed by atoms with Crippen molar-refractivity contribution in [2.75, 3.05) is 43.5 Å². The van der Waals surface area contributed by atoms with E-state index in [2.05, 4.69) is 49.7 Å². The average molecular weight is 576 g/mol. The van der Waals surface area contributed by atoms with Gasteiger partial charge in [0.1, 0.15) is 10.8 Å². The molecule has 1 aliphatic heterocycles. The van der Waals surface area contributed by atoms with Crippen LogP contribution < -0.4 is 15.4 Å². The van der Waals surface area contributed by atoms with Crippen LogP contribution in [0, 0.1) is 6.92 Å². The third-order valence-corrected chi connectivity index (χ3v) is 8.58. The van der Waals surface area contributed by atoms with Crippen LogP contribution in [0.5, 0.6) is 5.75 Å². The fraction of sp³-hybridized carbons (Fsp3) is 0.519. The number of rotatable bonds is 11. The fourth-order valence-electron chi connectivity index (χ4n) is 4.81. The van der Waals surface area contributed by atoms with E-state index in [1.165, 1.54) is 17.3 Å². The van der Waals surface area contributed by atoms with Gasteiger partial charge in [-0.15, -0.1) is 0 Å². The van der Waals surface area contributed by atoms with Gasteiger partial charge in [0.25, 0.3) is 0 Å². The maximum Gasteiger partial charge on any atom is 0.229 e. The lowest BCUT2D eigenvalue weighted by Gasteiger charge is -2.32. The van der Waals surface area contributed by atoms with Crippen molar-refractivity contribution in [3.63, 3.8) is 0 Å². The van der Waals surface area contributed by atoms with Crippen molar-refractivity contribution >= 4 is 45.5 Å². The van der Waals surface area contributed by atoms with Gasteiger partial charge >= 0.3 is 0 Å². The zero-order chi connectivity index (χ0) is 28.1. The van der Waals surface area contributed by atoms with Gasteiger partial charge in [0, 0.05) is 25.0 Å². The number of halogens is 1. The number of β-amino-alcohol motifs (C(OH)–C–C–N with tert-alkyl or cyclic N) is 1. The van der Waals surface area contributed by atoms with E-state index in [0.717, 1.165) is 43.9 Å². The predicted octanol–water partition coefficient (Wildman–Crippen LogP) is 4.75. The molecule has 39 heavy (non-hydrogen) atoms. The average Bonchev–Trinajstić information content (AvgIpc) is 3.27. The molecule has 12 heteroatoms. The van der Waals surface area contributed by atoms with Crippen LogP contribution in [0.3, 0.4) is 0 Å². The maximum atomic E-state index is 12.8. The van der Waals surface area contributed by atoms with Gasteiger partial charge in [-0.25, -0.2) is 4.98 Å². The first-order valence-electron chi connectivity index (χ1n) is 13.3. The molecule has 0 radical (unpaired) electrons. The molecule has 0 amide bonds. The van der Waals surface area contributed by atoms with Crippen LogP contribution in [0.2, 0.25) is 5.02 Å². The van der Waals surface area contributed by atoms with Gasteiger partial charge < -0.3 is 25.4 Å². The van der Waals surface area contributed by atoms with Crippen molar-refractivity contribution in [3.05, 3.63) is 40.7 Å². The Labute approximate surface area is 237 Å². The first kappa shape index (κ1) is 29.3. The minimum absolute atomic E-state index is 0.0881. The summed E-state index contributed by atoms with van der Waals surface area (Å²) in [5.41, 5.74) is 3.81. The predicted molar refractivity (Wildman–Crippen MR) is 156 cm³/mol. The third-order valence-electron chi connectivity index (χ3n) is 6.77. The minimum Gasteiger partial charge on any atom is -0.492 e. The quantitative estimate of drug-likeness (QED) is 0.298. The highest BCUT2D eigenvalue weighted by Crippen LogP contribution is 2.38. The van der Waals surface area contributed by atoms with Crippen molar-refractivity contribution in [2.45, 2.75) is 56.7 Å². The molecule has 3 heterocycles. The molecule has 0 spiro atoms. The molecule has 0 saturated carbocycles. The third kappa shape index (κ3) is 7.08. The lowest BCUT2D eigenvalue weighted by Crippen LogP contribution is -2.35. The zero-order valence-corrected chi connectivity index (χ0v) is 24.8. The number of nitrogens with zero attached hydrogens (tertiary/aromatic N) is 5. The Bertz CT molecular complexity index is 1310. The summed E-state index contributed by atoms with van der Waals surface area (Å²) in [5.74, 6) is 1.92. The molecule has 10 nitrogen and oxygen atoms in total. The second-order valence-corrected chi connectivity index (χ2v) is 12.3. The number of aliphatic hydroxyl groups excluding tert-OH is 1. The number of ether oxygens (including phenoxy) is 1. The summed E-state index contributed by atoms with van der Waals surface area (Å²) in [6.07, 6.45) is 5.38. The van der Waals surface area contributed by atoms with Crippen LogP contribution in [0.15, 0.2) is 29.6 Å². The highest BCUT2D eigenvalue weighted by atomic mass is 35.5. The van der Waals surface area contributed by atoms with Crippen molar-refractivity contribution in [1.29, 1.82) is 0 Å². The van der Waals surface area contributed by atoms with E-state index < -0.39 is 10.8 Å². The standard InChI is InChI=1S/C27H38ClN7O3S/c1-6-38-24-14-20(19-7-9-35(10-8-19)11-12-36)18(4)13-22(24)31-27-29-15-21(28)25(32-27)30-23-16-34(5)33-26(23)39(37)17(2)3/h13-17,19,36H,6-12H2,1-5H3,(H2,29,30,31,32). The summed E-state index contributed by atoms with van der Waals surface area (Å²) in [6.45, 7) is 11.3. The molecule has 1 fully saturated rings. The molecular formula is C27H38ClN7O3S. The normalized spacial score (nSPS) is 15.5. The maximum absolute atomic E-state index is 12.8. The lowest BCUT2D eigenvalue weighted by molar-refractivity contribution is 0.164. The summed E-state index contributed by atoms with van der Waals surface area (Å²) in [6, 6.07) is 4.21. The number of aliphatic hydroxyl groups is 1. The molecule has 1 atom stereocenters. The largest absolute Gasteiger partial charge is 0.492 e. The lowest BCUT2D eigenvalue weighted by atomic mass is 9.86. The summed E-state index contributed by atoms with van der Waals surface area (Å²) < 4.78 is 20.4. The van der Waals surface area contributed by atoms with Crippen LogP contribution in [0.25, 0.3) is 0 Å². The Morgan fingerprint density at radius 3 is 2.64 bits per heavy atom. The van der Waals surface area contributed by atoms with Crippen molar-refractivity contribution in [1.82, 2.24) is 24.6 Å². The number of aryl methyl sites for hydroxylation is 2. The van der Waals surface area contributed by atoms with Gasteiger partial charge in [-0.2, -0.15) is 10.1 Å². The molecule has 0 bridgehead atoms. The summed E-state index contributed by atoms with van der Waals surface area (Å²) in [5, 5.41) is 20.8. The minimum atomic E-state index is -1.29. The molecule has 1 unspecified atom stereocenters. The van der Waals surface area contributed by atoms with Crippen LogP contribution in [0.4, 0.5) is 23.1 Å². The summed E-state index contributed by atoms with van der Waals surface area (Å²) in [4.78, 5) is 11.3. The Morgan fingerprint density at radius 1 is 1.23 bits per heavy atom. The number of hydrogen-bond acceptors (Lipinski definition) is 9. The SMILES string of the molecule is CCOc1cc(C2CCN(CCO)CC2)c(C)cc1Nc1ncc(Cl)c(Nc2cn(C)nc2S(=O)C(C)C)n1. The van der Waals surface area contributed by atoms with E-state index in [0.29, 0.717) is 40.0 Å². The van der Waals surface area contributed by atoms with Gasteiger partial charge in [0.15, 0.2) is 10.8 Å². The van der Waals surface area contributed by atoms with E-state index in [4.69, 9.17) is 16.3 Å². The molecule has 1 aromatic carbocycles. The van der Waals surface area contributed by atoms with E-state index in [-0.39, 0.29) is 11.9 Å². The Morgan fingerprint density at radius 2 is 1.97 bits per heavy atom. The van der Waals surface area contributed by atoms with E-state index in [9.17, 15) is 9.32 Å². The van der Waals surface area contributed by atoms with Crippen molar-refractivity contribution < 1.29 is 14.1 Å². The van der Waals surface area contributed by atoms with Crippen molar-refractivity contribution in [2.24, 2.45) is 7.05 Å². The number of anilines is 4. The van der Waals surface area contributed by atoms with Crippen LogP contribution >= 0.6 is 11.6 Å². The van der Waals surface area contributed by atoms with E-state index in [1.54, 1.807) is 17.9 Å². The van der Waals surface area contributed by atoms with Crippen LogP contribution in [0.1, 0.15) is 50.7 Å². The smallest absolute Gasteiger partial charge is 0.229 e. The Hall–Kier alpha value is -2.73. The van der Waals surface area contributed by atoms with Gasteiger partial charge in [-0.05, 0) is 69.0 Å². The number of piperidine rings is 1. The molecule has 2 aromatic heterocycles. The number of benzene rings is 1. The van der Waals surface area contributed by atoms with E-state index in [1.807, 2.05) is 20.8 Å². The van der Waals surface area contributed by atoms with Gasteiger partial charge in [0.05, 0.1) is 41.6 Å². The number of aromatic nitrogens is 4. The Balaban J connectivity index is 1.57. The molecule has 0 aliphatic carbocycles. The molecule has 3 N–H and O–H groups in total. The van der Waals surface area contributed by atoms with Crippen LogP contribution in [-0.2, 0) is 17.8 Å². The topological polar surface area (TPSA) is 117 Å². The zero-order valence-electron chi connectivity index (χ0n) is 23.2. The second-order valence-electron chi connectivity index (χ2n) is 9.99. The van der Waals surface area contributed by atoms with Crippen molar-refractivity contribution in [3.8, 4) is 5.75 Å². The fourth-order valence-corrected chi connectivity index (χ4v) is 5.93. The molecule has 212 valence electrons. The molecule has 3 aromatic rings. The molecule has 1 saturated heterocycles. The van der Waals surface area contributed by atoms with E-state index >= 15 is 0 Å². The number of hydrogen-bond donors (Lipinski definition) is 3. The molecular weight excluding hydrogens is 538 g/mol. The van der Waals surface area contributed by atoms with Gasteiger partial charge in [0.2, 0.25) is 5.95 Å². The molecule has 4 rings (SSSR count). The van der Waals surface area contributed by atoms with Crippen LogP contribution in [-0.4, -0.2) is 72.1 Å².